The molecule has 88 valence electrons. The summed E-state index contributed by atoms with van der Waals surface area (Å²) in [5.74, 6) is 1.01. The molecule has 0 fully saturated rings. The first-order chi connectivity index (χ1) is 8.38. The van der Waals surface area contributed by atoms with Gasteiger partial charge in [-0.3, -0.25) is 4.57 Å². The highest BCUT2D eigenvalue weighted by Gasteiger charge is 2.11. The molecular formula is C13H16N4. The number of fused-ring (bicyclic) bond motifs is 1. The van der Waals surface area contributed by atoms with Gasteiger partial charge in [-0.1, -0.05) is 6.92 Å². The van der Waals surface area contributed by atoms with Crippen LogP contribution in [0.25, 0.3) is 5.69 Å². The molecule has 17 heavy (non-hydrogen) atoms. The third kappa shape index (κ3) is 1.79. The van der Waals surface area contributed by atoms with Crippen molar-refractivity contribution in [2.45, 2.75) is 26.2 Å². The largest absolute Gasteiger partial charge is 0.385 e. The van der Waals surface area contributed by atoms with E-state index in [0.29, 0.717) is 0 Å². The van der Waals surface area contributed by atoms with Crippen LogP contribution >= 0.6 is 0 Å². The quantitative estimate of drug-likeness (QED) is 0.856. The number of nitrogens with one attached hydrogen (secondary N) is 1. The molecule has 1 aromatic carbocycles. The third-order valence-corrected chi connectivity index (χ3v) is 3.24. The number of nitrogens with zero attached hydrogens (tertiary/aromatic N) is 3. The maximum absolute atomic E-state index is 4.12. The molecule has 1 N–H and O–H groups in total. The van der Waals surface area contributed by atoms with Crippen LogP contribution in [-0.4, -0.2) is 21.3 Å². The van der Waals surface area contributed by atoms with E-state index in [1.54, 1.807) is 6.33 Å². The lowest BCUT2D eigenvalue weighted by atomic mass is 10.0. The van der Waals surface area contributed by atoms with E-state index in [1.165, 1.54) is 17.7 Å². The molecule has 2 aromatic rings. The molecule has 3 rings (SSSR count). The van der Waals surface area contributed by atoms with Gasteiger partial charge in [0.25, 0.3) is 0 Å². The van der Waals surface area contributed by atoms with E-state index in [9.17, 15) is 0 Å². The zero-order valence-electron chi connectivity index (χ0n) is 9.98. The zero-order valence-corrected chi connectivity index (χ0v) is 9.98. The van der Waals surface area contributed by atoms with Gasteiger partial charge in [0.1, 0.15) is 12.2 Å². The molecule has 0 amide bonds. The molecule has 2 heterocycles. The first kappa shape index (κ1) is 10.3. The summed E-state index contributed by atoms with van der Waals surface area (Å²) in [6.07, 6.45) is 5.05. The van der Waals surface area contributed by atoms with Crippen LogP contribution in [0.15, 0.2) is 24.5 Å². The second kappa shape index (κ2) is 4.20. The second-order valence-electron chi connectivity index (χ2n) is 4.34. The van der Waals surface area contributed by atoms with Crippen LogP contribution in [0.2, 0.25) is 0 Å². The fourth-order valence-corrected chi connectivity index (χ4v) is 2.33. The summed E-state index contributed by atoms with van der Waals surface area (Å²) in [5.41, 5.74) is 3.82. The predicted molar refractivity (Wildman–Crippen MR) is 67.5 cm³/mol. The Bertz CT molecular complexity index is 530. The number of rotatable bonds is 2. The number of benzene rings is 1. The normalized spacial score (nSPS) is 14.2. The van der Waals surface area contributed by atoms with Gasteiger partial charge in [0.15, 0.2) is 0 Å². The number of aromatic nitrogens is 3. The highest BCUT2D eigenvalue weighted by molar-refractivity contribution is 5.57. The summed E-state index contributed by atoms with van der Waals surface area (Å²) in [4.78, 5) is 0. The molecule has 0 radical (unpaired) electrons. The topological polar surface area (TPSA) is 42.7 Å². The Morgan fingerprint density at radius 3 is 3.24 bits per heavy atom. The van der Waals surface area contributed by atoms with Crippen LogP contribution in [-0.2, 0) is 12.8 Å². The number of anilines is 1. The molecule has 4 nitrogen and oxygen atoms in total. The van der Waals surface area contributed by atoms with Gasteiger partial charge in [0, 0.05) is 24.3 Å². The van der Waals surface area contributed by atoms with E-state index in [4.69, 9.17) is 0 Å². The smallest absolute Gasteiger partial charge is 0.137 e. The van der Waals surface area contributed by atoms with Crippen LogP contribution < -0.4 is 5.32 Å². The van der Waals surface area contributed by atoms with Crippen molar-refractivity contribution in [2.75, 3.05) is 11.9 Å². The first-order valence-corrected chi connectivity index (χ1v) is 6.14. The van der Waals surface area contributed by atoms with Gasteiger partial charge in [0.05, 0.1) is 0 Å². The van der Waals surface area contributed by atoms with Crippen molar-refractivity contribution in [3.05, 3.63) is 35.9 Å². The van der Waals surface area contributed by atoms with Crippen molar-refractivity contribution >= 4 is 5.69 Å². The molecule has 0 unspecified atom stereocenters. The highest BCUT2D eigenvalue weighted by Crippen LogP contribution is 2.24. The first-order valence-electron chi connectivity index (χ1n) is 6.14. The Labute approximate surface area is 101 Å². The van der Waals surface area contributed by atoms with E-state index in [0.717, 1.165) is 30.9 Å². The molecule has 0 atom stereocenters. The van der Waals surface area contributed by atoms with E-state index < -0.39 is 0 Å². The minimum absolute atomic E-state index is 0.898. The molecule has 1 aliphatic heterocycles. The minimum atomic E-state index is 0.898. The molecular weight excluding hydrogens is 212 g/mol. The number of hydrogen-bond donors (Lipinski definition) is 1. The van der Waals surface area contributed by atoms with Crippen LogP contribution in [0.4, 0.5) is 5.69 Å². The average molecular weight is 228 g/mol. The van der Waals surface area contributed by atoms with Gasteiger partial charge in [-0.15, -0.1) is 10.2 Å². The standard InChI is InChI=1S/C13H16N4/c1-2-13-16-15-9-17(13)11-5-6-12-10(8-11)4-3-7-14-12/h5-6,8-9,14H,2-4,7H2,1H3. The van der Waals surface area contributed by atoms with Crippen molar-refractivity contribution in [3.8, 4) is 5.69 Å². The molecule has 0 saturated carbocycles. The maximum Gasteiger partial charge on any atom is 0.137 e. The van der Waals surface area contributed by atoms with Crippen LogP contribution in [0, 0.1) is 0 Å². The summed E-state index contributed by atoms with van der Waals surface area (Å²) in [5, 5.41) is 11.5. The maximum atomic E-state index is 4.12. The highest BCUT2D eigenvalue weighted by atomic mass is 15.3. The van der Waals surface area contributed by atoms with Gasteiger partial charge >= 0.3 is 0 Å². The van der Waals surface area contributed by atoms with Crippen molar-refractivity contribution in [1.29, 1.82) is 0 Å². The number of aryl methyl sites for hydroxylation is 2. The molecule has 0 bridgehead atoms. The van der Waals surface area contributed by atoms with Crippen LogP contribution in [0.3, 0.4) is 0 Å². The summed E-state index contributed by atoms with van der Waals surface area (Å²) >= 11 is 0. The molecule has 1 aliphatic rings. The fraction of sp³-hybridized carbons (Fsp3) is 0.385. The SMILES string of the molecule is CCc1nncn1-c1ccc2c(c1)CCCN2. The molecule has 4 heteroatoms. The Kier molecular flexibility index (Phi) is 2.55. The van der Waals surface area contributed by atoms with E-state index in [2.05, 4.69) is 45.2 Å². The third-order valence-electron chi connectivity index (χ3n) is 3.24. The molecule has 0 saturated heterocycles. The Morgan fingerprint density at radius 1 is 1.41 bits per heavy atom. The van der Waals surface area contributed by atoms with E-state index in [1.807, 2.05) is 0 Å². The van der Waals surface area contributed by atoms with Crippen molar-refractivity contribution in [3.63, 3.8) is 0 Å². The van der Waals surface area contributed by atoms with Gasteiger partial charge in [-0.2, -0.15) is 0 Å². The zero-order chi connectivity index (χ0) is 11.7. The summed E-state index contributed by atoms with van der Waals surface area (Å²) in [7, 11) is 0. The lowest BCUT2D eigenvalue weighted by molar-refractivity contribution is 0.824. The summed E-state index contributed by atoms with van der Waals surface area (Å²) < 4.78 is 2.06. The Morgan fingerprint density at radius 2 is 2.35 bits per heavy atom. The van der Waals surface area contributed by atoms with Gasteiger partial charge in [-0.25, -0.2) is 0 Å². The Hall–Kier alpha value is -1.84. The fourth-order valence-electron chi connectivity index (χ4n) is 2.33. The second-order valence-corrected chi connectivity index (χ2v) is 4.34. The van der Waals surface area contributed by atoms with Crippen molar-refractivity contribution < 1.29 is 0 Å². The van der Waals surface area contributed by atoms with Gasteiger partial charge in [0.2, 0.25) is 0 Å². The molecule has 0 aliphatic carbocycles. The Balaban J connectivity index is 2.04. The van der Waals surface area contributed by atoms with Crippen LogP contribution in [0.1, 0.15) is 24.7 Å². The van der Waals surface area contributed by atoms with Gasteiger partial charge < -0.3 is 5.32 Å². The lowest BCUT2D eigenvalue weighted by Gasteiger charge is -2.19. The van der Waals surface area contributed by atoms with Crippen LogP contribution in [0.5, 0.6) is 0 Å². The summed E-state index contributed by atoms with van der Waals surface area (Å²) in [6.45, 7) is 3.18. The van der Waals surface area contributed by atoms with Crippen molar-refractivity contribution in [2.24, 2.45) is 0 Å². The average Bonchev–Trinajstić information content (AvgIpc) is 2.86. The molecule has 0 spiro atoms. The summed E-state index contributed by atoms with van der Waals surface area (Å²) in [6, 6.07) is 6.52. The van der Waals surface area contributed by atoms with E-state index in [-0.39, 0.29) is 0 Å². The van der Waals surface area contributed by atoms with E-state index >= 15 is 0 Å². The monoisotopic (exact) mass is 228 g/mol. The minimum Gasteiger partial charge on any atom is -0.385 e. The predicted octanol–water partition coefficient (Wildman–Crippen LogP) is 2.19. The lowest BCUT2D eigenvalue weighted by Crippen LogP contribution is -2.12. The number of hydrogen-bond acceptors (Lipinski definition) is 3. The van der Waals surface area contributed by atoms with Gasteiger partial charge in [-0.05, 0) is 36.6 Å². The molecule has 1 aromatic heterocycles. The van der Waals surface area contributed by atoms with Crippen molar-refractivity contribution in [1.82, 2.24) is 14.8 Å².